The molecule has 0 saturated carbocycles. The van der Waals surface area contributed by atoms with E-state index in [1.165, 1.54) is 0 Å². The minimum Gasteiger partial charge on any atom is -0.497 e. The van der Waals surface area contributed by atoms with Crippen molar-refractivity contribution in [2.45, 2.75) is 38.1 Å². The van der Waals surface area contributed by atoms with E-state index in [-0.39, 0.29) is 30.3 Å². The zero-order valence-electron chi connectivity index (χ0n) is 17.0. The van der Waals surface area contributed by atoms with Gasteiger partial charge in [-0.25, -0.2) is 0 Å². The van der Waals surface area contributed by atoms with Crippen molar-refractivity contribution in [3.05, 3.63) is 24.3 Å². The Balaban J connectivity index is 0.00000300. The van der Waals surface area contributed by atoms with Gasteiger partial charge in [0.15, 0.2) is 0 Å². The fraction of sp³-hybridized carbons (Fsp3) is 0.619. The van der Waals surface area contributed by atoms with Crippen molar-refractivity contribution < 1.29 is 19.1 Å². The number of likely N-dealkylation sites (tertiary alicyclic amines) is 1. The first-order valence-electron chi connectivity index (χ1n) is 10.2. The highest BCUT2D eigenvalue weighted by molar-refractivity contribution is 5.85. The normalized spacial score (nSPS) is 21.2. The molecule has 7 nitrogen and oxygen atoms in total. The van der Waals surface area contributed by atoms with Crippen molar-refractivity contribution in [2.75, 3.05) is 39.9 Å². The van der Waals surface area contributed by atoms with Gasteiger partial charge in [0.05, 0.1) is 26.2 Å². The van der Waals surface area contributed by atoms with Crippen LogP contribution >= 0.6 is 12.4 Å². The quantitative estimate of drug-likeness (QED) is 0.665. The van der Waals surface area contributed by atoms with Crippen molar-refractivity contribution in [1.82, 2.24) is 15.5 Å². The van der Waals surface area contributed by atoms with E-state index in [0.29, 0.717) is 32.0 Å². The van der Waals surface area contributed by atoms with Crippen molar-refractivity contribution in [3.8, 4) is 11.5 Å². The molecule has 2 unspecified atom stereocenters. The number of amides is 2. The molecule has 2 amide bonds. The molecule has 3 rings (SSSR count). The van der Waals surface area contributed by atoms with E-state index in [0.717, 1.165) is 50.3 Å². The Kier molecular flexibility index (Phi) is 9.54. The van der Waals surface area contributed by atoms with Gasteiger partial charge in [-0.05, 0) is 62.4 Å². The van der Waals surface area contributed by atoms with E-state index in [9.17, 15) is 9.59 Å². The number of rotatable bonds is 8. The number of ether oxygens (including phenoxy) is 2. The summed E-state index contributed by atoms with van der Waals surface area (Å²) in [4.78, 5) is 26.6. The van der Waals surface area contributed by atoms with Gasteiger partial charge >= 0.3 is 0 Å². The van der Waals surface area contributed by atoms with Crippen molar-refractivity contribution in [2.24, 2.45) is 5.92 Å². The van der Waals surface area contributed by atoms with Crippen LogP contribution in [0.25, 0.3) is 0 Å². The molecule has 1 aromatic rings. The molecule has 0 aromatic heterocycles. The SMILES string of the molecule is COc1ccc(OCCC(=O)N2CCCC(CNC(=O)C3CCCN3)C2)cc1.Cl. The monoisotopic (exact) mass is 425 g/mol. The van der Waals surface area contributed by atoms with Crippen LogP contribution in [0.3, 0.4) is 0 Å². The second-order valence-electron chi connectivity index (χ2n) is 7.52. The number of piperidine rings is 1. The molecule has 2 saturated heterocycles. The second kappa shape index (κ2) is 11.9. The standard InChI is InChI=1S/C21H31N3O4.ClH/c1-27-17-6-8-18(9-7-17)28-13-10-20(25)24-12-3-4-16(15-24)14-23-21(26)19-5-2-11-22-19;/h6-9,16,19,22H,2-5,10-15H2,1H3,(H,23,26);1H. The van der Waals surface area contributed by atoms with Crippen molar-refractivity contribution >= 4 is 24.2 Å². The number of benzene rings is 1. The Morgan fingerprint density at radius 2 is 1.93 bits per heavy atom. The summed E-state index contributed by atoms with van der Waals surface area (Å²) in [6, 6.07) is 7.30. The number of nitrogens with zero attached hydrogens (tertiary/aromatic N) is 1. The zero-order valence-corrected chi connectivity index (χ0v) is 17.8. The van der Waals surface area contributed by atoms with Crippen LogP contribution in [0.1, 0.15) is 32.1 Å². The first-order chi connectivity index (χ1) is 13.7. The molecule has 0 aliphatic carbocycles. The van der Waals surface area contributed by atoms with E-state index in [4.69, 9.17) is 9.47 Å². The van der Waals surface area contributed by atoms with Crippen LogP contribution in [0.4, 0.5) is 0 Å². The number of halogens is 1. The van der Waals surface area contributed by atoms with Gasteiger partial charge in [-0.3, -0.25) is 9.59 Å². The molecule has 2 aliphatic heterocycles. The number of methoxy groups -OCH3 is 1. The number of nitrogens with one attached hydrogen (secondary N) is 2. The fourth-order valence-electron chi connectivity index (χ4n) is 3.82. The summed E-state index contributed by atoms with van der Waals surface area (Å²) in [5, 5.41) is 6.27. The van der Waals surface area contributed by atoms with Gasteiger partial charge in [0.2, 0.25) is 11.8 Å². The van der Waals surface area contributed by atoms with E-state index >= 15 is 0 Å². The topological polar surface area (TPSA) is 79.9 Å². The molecule has 2 N–H and O–H groups in total. The number of carbonyl (C=O) groups excluding carboxylic acids is 2. The predicted octanol–water partition coefficient (Wildman–Crippen LogP) is 1.99. The van der Waals surface area contributed by atoms with Gasteiger partial charge in [0.25, 0.3) is 0 Å². The third kappa shape index (κ3) is 7.08. The van der Waals surface area contributed by atoms with Gasteiger partial charge in [0, 0.05) is 19.6 Å². The number of hydrogen-bond donors (Lipinski definition) is 2. The van der Waals surface area contributed by atoms with Crippen LogP contribution in [0.5, 0.6) is 11.5 Å². The summed E-state index contributed by atoms with van der Waals surface area (Å²) in [7, 11) is 1.62. The van der Waals surface area contributed by atoms with Gasteiger partial charge < -0.3 is 25.0 Å². The third-order valence-electron chi connectivity index (χ3n) is 5.46. The lowest BCUT2D eigenvalue weighted by Gasteiger charge is -2.33. The molecule has 2 atom stereocenters. The molecule has 2 aliphatic rings. The lowest BCUT2D eigenvalue weighted by atomic mass is 9.97. The van der Waals surface area contributed by atoms with E-state index in [2.05, 4.69) is 10.6 Å². The molecular weight excluding hydrogens is 394 g/mol. The summed E-state index contributed by atoms with van der Waals surface area (Å²) in [6.07, 6.45) is 4.35. The van der Waals surface area contributed by atoms with Crippen molar-refractivity contribution in [1.29, 1.82) is 0 Å². The molecule has 0 spiro atoms. The average Bonchev–Trinajstić information content (AvgIpc) is 3.28. The number of carbonyl (C=O) groups is 2. The highest BCUT2D eigenvalue weighted by atomic mass is 35.5. The second-order valence-corrected chi connectivity index (χ2v) is 7.52. The van der Waals surface area contributed by atoms with E-state index in [1.807, 2.05) is 29.2 Å². The summed E-state index contributed by atoms with van der Waals surface area (Å²) >= 11 is 0. The highest BCUT2D eigenvalue weighted by Gasteiger charge is 2.26. The van der Waals surface area contributed by atoms with Crippen LogP contribution in [0, 0.1) is 5.92 Å². The molecule has 0 bridgehead atoms. The molecule has 162 valence electrons. The summed E-state index contributed by atoms with van der Waals surface area (Å²) in [6.45, 7) is 3.41. The Morgan fingerprint density at radius 3 is 2.62 bits per heavy atom. The Morgan fingerprint density at radius 1 is 1.17 bits per heavy atom. The van der Waals surface area contributed by atoms with Crippen LogP contribution in [-0.4, -0.2) is 62.7 Å². The molecule has 2 heterocycles. The molecule has 29 heavy (non-hydrogen) atoms. The average molecular weight is 426 g/mol. The molecule has 1 aromatic carbocycles. The first-order valence-corrected chi connectivity index (χ1v) is 10.2. The predicted molar refractivity (Wildman–Crippen MR) is 114 cm³/mol. The van der Waals surface area contributed by atoms with E-state index < -0.39 is 0 Å². The van der Waals surface area contributed by atoms with Crippen LogP contribution < -0.4 is 20.1 Å². The summed E-state index contributed by atoms with van der Waals surface area (Å²) in [5.74, 6) is 2.04. The number of hydrogen-bond acceptors (Lipinski definition) is 5. The Bertz CT molecular complexity index is 650. The van der Waals surface area contributed by atoms with Crippen LogP contribution in [0.2, 0.25) is 0 Å². The molecular formula is C21H32ClN3O4. The van der Waals surface area contributed by atoms with Crippen LogP contribution in [-0.2, 0) is 9.59 Å². The highest BCUT2D eigenvalue weighted by Crippen LogP contribution is 2.19. The largest absolute Gasteiger partial charge is 0.497 e. The van der Waals surface area contributed by atoms with Gasteiger partial charge in [-0.2, -0.15) is 0 Å². The molecule has 8 heteroatoms. The maximum absolute atomic E-state index is 12.5. The van der Waals surface area contributed by atoms with Gasteiger partial charge in [0.1, 0.15) is 11.5 Å². The lowest BCUT2D eigenvalue weighted by Crippen LogP contribution is -2.46. The summed E-state index contributed by atoms with van der Waals surface area (Å²) < 4.78 is 10.8. The lowest BCUT2D eigenvalue weighted by molar-refractivity contribution is -0.133. The third-order valence-corrected chi connectivity index (χ3v) is 5.46. The zero-order chi connectivity index (χ0) is 19.8. The van der Waals surface area contributed by atoms with Gasteiger partial charge in [-0.1, -0.05) is 0 Å². The summed E-state index contributed by atoms with van der Waals surface area (Å²) in [5.41, 5.74) is 0. The Labute approximate surface area is 178 Å². The first kappa shape index (κ1) is 23.3. The van der Waals surface area contributed by atoms with Gasteiger partial charge in [-0.15, -0.1) is 12.4 Å². The maximum atomic E-state index is 12.5. The van der Waals surface area contributed by atoms with Crippen molar-refractivity contribution in [3.63, 3.8) is 0 Å². The smallest absolute Gasteiger partial charge is 0.237 e. The minimum atomic E-state index is -0.0450. The van der Waals surface area contributed by atoms with Crippen LogP contribution in [0.15, 0.2) is 24.3 Å². The molecule has 0 radical (unpaired) electrons. The Hall–Kier alpha value is -1.99. The molecule has 2 fully saturated rings. The minimum absolute atomic E-state index is 0. The maximum Gasteiger partial charge on any atom is 0.237 e. The fourth-order valence-corrected chi connectivity index (χ4v) is 3.82. The van der Waals surface area contributed by atoms with E-state index in [1.54, 1.807) is 7.11 Å².